The summed E-state index contributed by atoms with van der Waals surface area (Å²) >= 11 is 5.73. The summed E-state index contributed by atoms with van der Waals surface area (Å²) in [5, 5.41) is 0.481. The van der Waals surface area contributed by atoms with Gasteiger partial charge in [-0.1, -0.05) is 11.6 Å². The molecule has 3 nitrogen and oxygen atoms in total. The number of hydrogen-bond donors (Lipinski definition) is 1. The first kappa shape index (κ1) is 14.1. The van der Waals surface area contributed by atoms with Crippen molar-refractivity contribution < 1.29 is 22.6 Å². The summed E-state index contributed by atoms with van der Waals surface area (Å²) in [6.45, 7) is -1.66. The largest absolute Gasteiger partial charge is 0.467 e. The van der Waals surface area contributed by atoms with Crippen molar-refractivity contribution in [2.75, 3.05) is 13.4 Å². The zero-order chi connectivity index (χ0) is 12.9. The Morgan fingerprint density at radius 3 is 2.59 bits per heavy atom. The van der Waals surface area contributed by atoms with Crippen molar-refractivity contribution in [2.24, 2.45) is 5.73 Å². The number of ether oxygens (including phenoxy) is 2. The van der Waals surface area contributed by atoms with Gasteiger partial charge < -0.3 is 15.2 Å². The molecule has 0 amide bonds. The van der Waals surface area contributed by atoms with E-state index in [2.05, 4.69) is 4.74 Å². The SMILES string of the molecule is NCc1cc(Cl)ccc1OCOCC(F)(F)F. The third-order valence-electron chi connectivity index (χ3n) is 1.81. The van der Waals surface area contributed by atoms with Crippen molar-refractivity contribution in [1.82, 2.24) is 0 Å². The van der Waals surface area contributed by atoms with Gasteiger partial charge in [0, 0.05) is 17.1 Å². The van der Waals surface area contributed by atoms with Gasteiger partial charge in [-0.3, -0.25) is 0 Å². The van der Waals surface area contributed by atoms with E-state index in [1.165, 1.54) is 6.07 Å². The molecule has 0 bridgehead atoms. The summed E-state index contributed by atoms with van der Waals surface area (Å²) < 4.78 is 44.6. The number of alkyl halides is 3. The highest BCUT2D eigenvalue weighted by Crippen LogP contribution is 2.22. The molecule has 0 fully saturated rings. The number of hydrogen-bond acceptors (Lipinski definition) is 3. The standard InChI is InChI=1S/C10H11ClF3NO2/c11-8-1-2-9(7(3-8)4-15)17-6-16-5-10(12,13)14/h1-3H,4-6,15H2. The van der Waals surface area contributed by atoms with Gasteiger partial charge in [0.25, 0.3) is 0 Å². The Balaban J connectivity index is 2.46. The average Bonchev–Trinajstić information content (AvgIpc) is 2.24. The second-order valence-electron chi connectivity index (χ2n) is 3.18. The van der Waals surface area contributed by atoms with E-state index in [1.807, 2.05) is 0 Å². The molecule has 0 aromatic heterocycles. The van der Waals surface area contributed by atoms with Crippen LogP contribution in [0.1, 0.15) is 5.56 Å². The van der Waals surface area contributed by atoms with Gasteiger partial charge in [0.05, 0.1) is 0 Å². The summed E-state index contributed by atoms with van der Waals surface area (Å²) in [4.78, 5) is 0. The maximum Gasteiger partial charge on any atom is 0.411 e. The van der Waals surface area contributed by atoms with Crippen LogP contribution in [0.25, 0.3) is 0 Å². The highest BCUT2D eigenvalue weighted by molar-refractivity contribution is 6.30. The third-order valence-corrected chi connectivity index (χ3v) is 2.04. The van der Waals surface area contributed by atoms with Crippen molar-refractivity contribution >= 4 is 11.6 Å². The van der Waals surface area contributed by atoms with Crippen LogP contribution in [-0.4, -0.2) is 19.6 Å². The van der Waals surface area contributed by atoms with Crippen LogP contribution in [0.15, 0.2) is 18.2 Å². The summed E-state index contributed by atoms with van der Waals surface area (Å²) in [7, 11) is 0. The lowest BCUT2D eigenvalue weighted by molar-refractivity contribution is -0.186. The van der Waals surface area contributed by atoms with Crippen LogP contribution in [-0.2, 0) is 11.3 Å². The molecule has 0 radical (unpaired) electrons. The van der Waals surface area contributed by atoms with Gasteiger partial charge in [0.15, 0.2) is 6.79 Å². The lowest BCUT2D eigenvalue weighted by Gasteiger charge is -2.12. The Hall–Kier alpha value is -0.980. The second kappa shape index (κ2) is 6.09. The van der Waals surface area contributed by atoms with E-state index in [0.717, 1.165) is 0 Å². The van der Waals surface area contributed by atoms with Crippen molar-refractivity contribution in [3.8, 4) is 5.75 Å². The van der Waals surface area contributed by atoms with Gasteiger partial charge in [-0.25, -0.2) is 0 Å². The lowest BCUT2D eigenvalue weighted by atomic mass is 10.2. The molecule has 0 saturated heterocycles. The molecule has 0 heterocycles. The molecule has 2 N–H and O–H groups in total. The van der Waals surface area contributed by atoms with E-state index in [-0.39, 0.29) is 6.54 Å². The Labute approximate surface area is 101 Å². The Morgan fingerprint density at radius 1 is 1.29 bits per heavy atom. The predicted molar refractivity (Wildman–Crippen MR) is 56.8 cm³/mol. The number of nitrogens with two attached hydrogens (primary N) is 1. The topological polar surface area (TPSA) is 44.5 Å². The zero-order valence-electron chi connectivity index (χ0n) is 8.76. The fourth-order valence-electron chi connectivity index (χ4n) is 1.11. The monoisotopic (exact) mass is 269 g/mol. The lowest BCUT2D eigenvalue weighted by Crippen LogP contribution is -2.19. The summed E-state index contributed by atoms with van der Waals surface area (Å²) in [6, 6.07) is 4.67. The molecule has 7 heteroatoms. The van der Waals surface area contributed by atoms with Gasteiger partial charge in [-0.2, -0.15) is 13.2 Å². The van der Waals surface area contributed by atoms with E-state index < -0.39 is 19.6 Å². The molecule has 0 unspecified atom stereocenters. The van der Waals surface area contributed by atoms with Crippen molar-refractivity contribution in [3.05, 3.63) is 28.8 Å². The summed E-state index contributed by atoms with van der Waals surface area (Å²) in [5.74, 6) is 0.360. The van der Waals surface area contributed by atoms with Crippen LogP contribution in [0.4, 0.5) is 13.2 Å². The van der Waals surface area contributed by atoms with E-state index >= 15 is 0 Å². The highest BCUT2D eigenvalue weighted by atomic mass is 35.5. The number of halogens is 4. The first-order chi connectivity index (χ1) is 7.92. The van der Waals surface area contributed by atoms with Crippen LogP contribution in [0, 0.1) is 0 Å². The maximum absolute atomic E-state index is 11.8. The minimum absolute atomic E-state index is 0.176. The predicted octanol–water partition coefficient (Wildman–Crippen LogP) is 2.71. The molecule has 1 aromatic rings. The molecule has 1 aromatic carbocycles. The Kier molecular flexibility index (Phi) is 5.04. The summed E-state index contributed by atoms with van der Waals surface area (Å²) in [5.41, 5.74) is 6.04. The van der Waals surface area contributed by atoms with Crippen molar-refractivity contribution in [2.45, 2.75) is 12.7 Å². The molecule has 0 atom stereocenters. The van der Waals surface area contributed by atoms with Crippen LogP contribution in [0.5, 0.6) is 5.75 Å². The smallest absolute Gasteiger partial charge is 0.411 e. The molecule has 0 aliphatic heterocycles. The Morgan fingerprint density at radius 2 is 2.00 bits per heavy atom. The molecule has 0 saturated carbocycles. The van der Waals surface area contributed by atoms with Crippen LogP contribution >= 0.6 is 11.6 Å². The number of rotatable bonds is 5. The van der Waals surface area contributed by atoms with E-state index in [4.69, 9.17) is 22.1 Å². The van der Waals surface area contributed by atoms with E-state index in [9.17, 15) is 13.2 Å². The Bertz CT molecular complexity index is 371. The minimum atomic E-state index is -4.36. The van der Waals surface area contributed by atoms with Gasteiger partial charge in [-0.15, -0.1) is 0 Å². The fraction of sp³-hybridized carbons (Fsp3) is 0.400. The van der Waals surface area contributed by atoms with Crippen LogP contribution in [0.2, 0.25) is 5.02 Å². The molecule has 0 aliphatic carbocycles. The second-order valence-corrected chi connectivity index (χ2v) is 3.62. The first-order valence-electron chi connectivity index (χ1n) is 4.68. The normalized spacial score (nSPS) is 11.6. The minimum Gasteiger partial charge on any atom is -0.467 e. The van der Waals surface area contributed by atoms with Gasteiger partial charge in [-0.05, 0) is 18.2 Å². The molecule has 0 aliphatic rings. The van der Waals surface area contributed by atoms with Gasteiger partial charge >= 0.3 is 6.18 Å². The fourth-order valence-corrected chi connectivity index (χ4v) is 1.31. The highest BCUT2D eigenvalue weighted by Gasteiger charge is 2.27. The zero-order valence-corrected chi connectivity index (χ0v) is 9.52. The maximum atomic E-state index is 11.8. The quantitative estimate of drug-likeness (QED) is 0.660. The number of benzene rings is 1. The molecule has 0 spiro atoms. The third kappa shape index (κ3) is 5.25. The van der Waals surface area contributed by atoms with E-state index in [0.29, 0.717) is 16.3 Å². The molecule has 1 rings (SSSR count). The van der Waals surface area contributed by atoms with Gasteiger partial charge in [0.2, 0.25) is 0 Å². The molecule has 17 heavy (non-hydrogen) atoms. The molecule has 96 valence electrons. The van der Waals surface area contributed by atoms with Crippen LogP contribution in [0.3, 0.4) is 0 Å². The summed E-state index contributed by atoms with van der Waals surface area (Å²) in [6.07, 6.45) is -4.36. The van der Waals surface area contributed by atoms with E-state index in [1.54, 1.807) is 12.1 Å². The molecular formula is C10H11ClF3NO2. The first-order valence-corrected chi connectivity index (χ1v) is 5.06. The van der Waals surface area contributed by atoms with Crippen LogP contribution < -0.4 is 10.5 Å². The van der Waals surface area contributed by atoms with Crippen molar-refractivity contribution in [3.63, 3.8) is 0 Å². The van der Waals surface area contributed by atoms with Gasteiger partial charge in [0.1, 0.15) is 12.4 Å². The molecular weight excluding hydrogens is 259 g/mol. The average molecular weight is 270 g/mol. The van der Waals surface area contributed by atoms with Crippen molar-refractivity contribution in [1.29, 1.82) is 0 Å².